The number of hydrogen-bond acceptors (Lipinski definition) is 3. The quantitative estimate of drug-likeness (QED) is 0.686. The summed E-state index contributed by atoms with van der Waals surface area (Å²) in [5, 5.41) is 0. The van der Waals surface area contributed by atoms with Gasteiger partial charge in [0.2, 0.25) is 0 Å². The Morgan fingerprint density at radius 1 is 1.15 bits per heavy atom. The summed E-state index contributed by atoms with van der Waals surface area (Å²) >= 11 is 0. The van der Waals surface area contributed by atoms with Gasteiger partial charge in [0.15, 0.2) is 5.78 Å². The van der Waals surface area contributed by atoms with Crippen molar-refractivity contribution < 1.29 is 13.9 Å². The van der Waals surface area contributed by atoms with Crippen LogP contribution in [0.2, 0.25) is 0 Å². The lowest BCUT2D eigenvalue weighted by Crippen LogP contribution is -2.07. The number of carbonyl (C=O) groups excluding carboxylic acids is 1. The smallest absolute Gasteiger partial charge is 0.195 e. The summed E-state index contributed by atoms with van der Waals surface area (Å²) in [5.41, 5.74) is 6.17. The zero-order valence-corrected chi connectivity index (χ0v) is 11.4. The number of ether oxygens (including phenoxy) is 1. The molecule has 0 radical (unpaired) electrons. The van der Waals surface area contributed by atoms with Crippen molar-refractivity contribution in [3.63, 3.8) is 0 Å². The van der Waals surface area contributed by atoms with Crippen molar-refractivity contribution in [1.82, 2.24) is 0 Å². The molecule has 2 N–H and O–H groups in total. The van der Waals surface area contributed by atoms with Gasteiger partial charge >= 0.3 is 0 Å². The van der Waals surface area contributed by atoms with E-state index in [0.717, 1.165) is 6.07 Å². The minimum atomic E-state index is -0.613. The van der Waals surface area contributed by atoms with E-state index in [9.17, 15) is 9.18 Å². The van der Waals surface area contributed by atoms with Crippen molar-refractivity contribution in [1.29, 1.82) is 0 Å². The molecule has 0 atom stereocenters. The van der Waals surface area contributed by atoms with Crippen molar-refractivity contribution in [2.24, 2.45) is 0 Å². The van der Waals surface area contributed by atoms with Crippen LogP contribution in [-0.2, 0) is 0 Å². The predicted octanol–water partition coefficient (Wildman–Crippen LogP) is 3.43. The Morgan fingerprint density at radius 3 is 2.35 bits per heavy atom. The third-order valence-corrected chi connectivity index (χ3v) is 2.73. The van der Waals surface area contributed by atoms with E-state index < -0.39 is 5.82 Å². The Bertz CT molecular complexity index is 621. The third-order valence-electron chi connectivity index (χ3n) is 2.73. The average molecular weight is 273 g/mol. The van der Waals surface area contributed by atoms with E-state index in [1.54, 1.807) is 24.3 Å². The fraction of sp³-hybridized carbons (Fsp3) is 0.188. The van der Waals surface area contributed by atoms with E-state index in [2.05, 4.69) is 0 Å². The van der Waals surface area contributed by atoms with Crippen LogP contribution in [-0.4, -0.2) is 11.9 Å². The SMILES string of the molecule is CC(C)Oc1ccc(C(=O)c2ccc(N)cc2F)cc1. The lowest BCUT2D eigenvalue weighted by Gasteiger charge is -2.10. The molecule has 0 aliphatic carbocycles. The Balaban J connectivity index is 2.25. The Labute approximate surface area is 117 Å². The maximum absolute atomic E-state index is 13.7. The molecule has 0 saturated heterocycles. The summed E-state index contributed by atoms with van der Waals surface area (Å²) in [6.07, 6.45) is 0.0612. The van der Waals surface area contributed by atoms with Crippen LogP contribution in [0.1, 0.15) is 29.8 Å². The number of nitrogens with two attached hydrogens (primary N) is 1. The normalized spacial score (nSPS) is 10.6. The summed E-state index contributed by atoms with van der Waals surface area (Å²) in [5.74, 6) is -0.314. The molecule has 20 heavy (non-hydrogen) atoms. The van der Waals surface area contributed by atoms with Crippen LogP contribution in [0.15, 0.2) is 42.5 Å². The minimum Gasteiger partial charge on any atom is -0.491 e. The van der Waals surface area contributed by atoms with Crippen molar-refractivity contribution in [3.8, 4) is 5.75 Å². The van der Waals surface area contributed by atoms with E-state index in [4.69, 9.17) is 10.5 Å². The molecule has 0 heterocycles. The van der Waals surface area contributed by atoms with Crippen LogP contribution in [0.25, 0.3) is 0 Å². The molecule has 0 fully saturated rings. The van der Waals surface area contributed by atoms with E-state index >= 15 is 0 Å². The lowest BCUT2D eigenvalue weighted by atomic mass is 10.0. The van der Waals surface area contributed by atoms with Crippen LogP contribution in [0.3, 0.4) is 0 Å². The van der Waals surface area contributed by atoms with Gasteiger partial charge in [0.25, 0.3) is 0 Å². The van der Waals surface area contributed by atoms with Crippen molar-refractivity contribution in [2.45, 2.75) is 20.0 Å². The Morgan fingerprint density at radius 2 is 1.80 bits per heavy atom. The standard InChI is InChI=1S/C16H16FNO2/c1-10(2)20-13-6-3-11(4-7-13)16(19)14-8-5-12(18)9-15(14)17/h3-10H,18H2,1-2H3. The molecule has 0 unspecified atom stereocenters. The van der Waals surface area contributed by atoms with Crippen LogP contribution in [0.5, 0.6) is 5.75 Å². The van der Waals surface area contributed by atoms with Gasteiger partial charge in [-0.3, -0.25) is 4.79 Å². The molecule has 104 valence electrons. The molecule has 0 aliphatic heterocycles. The molecule has 2 rings (SSSR count). The first-order chi connectivity index (χ1) is 9.47. The van der Waals surface area contributed by atoms with Crippen LogP contribution < -0.4 is 10.5 Å². The molecule has 2 aromatic carbocycles. The Hall–Kier alpha value is -2.36. The highest BCUT2D eigenvalue weighted by atomic mass is 19.1. The summed E-state index contributed by atoms with van der Waals surface area (Å²) in [4.78, 5) is 12.2. The fourth-order valence-electron chi connectivity index (χ4n) is 1.83. The van der Waals surface area contributed by atoms with Gasteiger partial charge in [0.05, 0.1) is 11.7 Å². The highest BCUT2D eigenvalue weighted by Crippen LogP contribution is 2.19. The van der Waals surface area contributed by atoms with Crippen molar-refractivity contribution in [3.05, 3.63) is 59.4 Å². The van der Waals surface area contributed by atoms with Gasteiger partial charge in [-0.15, -0.1) is 0 Å². The van der Waals surface area contributed by atoms with Crippen LogP contribution in [0, 0.1) is 5.82 Å². The first-order valence-corrected chi connectivity index (χ1v) is 6.34. The van der Waals surface area contributed by atoms with Crippen molar-refractivity contribution >= 4 is 11.5 Å². The van der Waals surface area contributed by atoms with Crippen molar-refractivity contribution in [2.75, 3.05) is 5.73 Å². The zero-order valence-electron chi connectivity index (χ0n) is 11.4. The van der Waals surface area contributed by atoms with Gasteiger partial charge < -0.3 is 10.5 Å². The molecule has 0 spiro atoms. The summed E-state index contributed by atoms with van der Waals surface area (Å²) in [7, 11) is 0. The largest absolute Gasteiger partial charge is 0.491 e. The molecule has 0 amide bonds. The van der Waals surface area contributed by atoms with Crippen LogP contribution in [0.4, 0.5) is 10.1 Å². The second-order valence-corrected chi connectivity index (χ2v) is 4.76. The Kier molecular flexibility index (Phi) is 4.03. The number of nitrogen functional groups attached to an aromatic ring is 1. The maximum Gasteiger partial charge on any atom is 0.195 e. The number of carbonyl (C=O) groups is 1. The number of rotatable bonds is 4. The molecule has 4 heteroatoms. The molecular formula is C16H16FNO2. The zero-order chi connectivity index (χ0) is 14.7. The molecule has 0 saturated carbocycles. The third kappa shape index (κ3) is 3.15. The van der Waals surface area contributed by atoms with Gasteiger partial charge in [0.1, 0.15) is 11.6 Å². The molecule has 0 aliphatic rings. The second-order valence-electron chi connectivity index (χ2n) is 4.76. The van der Waals surface area contributed by atoms with E-state index in [1.807, 2.05) is 13.8 Å². The average Bonchev–Trinajstić information content (AvgIpc) is 2.38. The maximum atomic E-state index is 13.7. The van der Waals surface area contributed by atoms with E-state index in [-0.39, 0.29) is 17.5 Å². The van der Waals surface area contributed by atoms with Gasteiger partial charge in [-0.2, -0.15) is 0 Å². The van der Waals surface area contributed by atoms with E-state index in [0.29, 0.717) is 17.0 Å². The predicted molar refractivity (Wildman–Crippen MR) is 76.5 cm³/mol. The van der Waals surface area contributed by atoms with Gasteiger partial charge in [-0.1, -0.05) is 0 Å². The topological polar surface area (TPSA) is 52.3 Å². The number of benzene rings is 2. The molecule has 0 bridgehead atoms. The summed E-state index contributed by atoms with van der Waals surface area (Å²) in [6.45, 7) is 3.84. The molecule has 3 nitrogen and oxygen atoms in total. The fourth-order valence-corrected chi connectivity index (χ4v) is 1.83. The summed E-state index contributed by atoms with van der Waals surface area (Å²) < 4.78 is 19.2. The molecule has 0 aromatic heterocycles. The first kappa shape index (κ1) is 14.1. The molecular weight excluding hydrogens is 257 g/mol. The van der Waals surface area contributed by atoms with Gasteiger partial charge in [0, 0.05) is 11.3 Å². The van der Waals surface area contributed by atoms with Crippen LogP contribution >= 0.6 is 0 Å². The lowest BCUT2D eigenvalue weighted by molar-refractivity contribution is 0.103. The number of halogens is 1. The second kappa shape index (κ2) is 5.74. The van der Waals surface area contributed by atoms with Gasteiger partial charge in [-0.05, 0) is 56.3 Å². The number of anilines is 1. The number of hydrogen-bond donors (Lipinski definition) is 1. The highest BCUT2D eigenvalue weighted by Gasteiger charge is 2.14. The van der Waals surface area contributed by atoms with E-state index in [1.165, 1.54) is 12.1 Å². The highest BCUT2D eigenvalue weighted by molar-refractivity contribution is 6.09. The molecule has 2 aromatic rings. The first-order valence-electron chi connectivity index (χ1n) is 6.34. The summed E-state index contributed by atoms with van der Waals surface area (Å²) in [6, 6.07) is 10.7. The van der Waals surface area contributed by atoms with Gasteiger partial charge in [-0.25, -0.2) is 4.39 Å². The number of ketones is 1. The minimum absolute atomic E-state index is 0.0109. The monoisotopic (exact) mass is 273 g/mol.